The minimum absolute atomic E-state index is 0.204. The Morgan fingerprint density at radius 3 is 2.18 bits per heavy atom. The maximum absolute atomic E-state index is 12.3. The van der Waals surface area contributed by atoms with Crippen molar-refractivity contribution in [3.8, 4) is 0 Å². The van der Waals surface area contributed by atoms with Gasteiger partial charge in [0.15, 0.2) is 0 Å². The number of ether oxygens (including phenoxy) is 1. The van der Waals surface area contributed by atoms with Crippen molar-refractivity contribution in [2.75, 3.05) is 13.6 Å². The summed E-state index contributed by atoms with van der Waals surface area (Å²) in [4.78, 5) is 25.8. The summed E-state index contributed by atoms with van der Waals surface area (Å²) in [5.74, 6) is 1.68. The van der Waals surface area contributed by atoms with Crippen molar-refractivity contribution in [2.24, 2.45) is 11.8 Å². The van der Waals surface area contributed by atoms with E-state index in [9.17, 15) is 9.59 Å². The predicted octanol–water partition coefficient (Wildman–Crippen LogP) is 2.94. The van der Waals surface area contributed by atoms with E-state index >= 15 is 0 Å². The van der Waals surface area contributed by atoms with Crippen molar-refractivity contribution in [1.29, 1.82) is 0 Å². The second kappa shape index (κ2) is 6.88. The molecule has 0 atom stereocenters. The van der Waals surface area contributed by atoms with Crippen LogP contribution in [-0.2, 0) is 9.53 Å². The molecule has 2 aliphatic rings. The summed E-state index contributed by atoms with van der Waals surface area (Å²) in [6.07, 6.45) is 5.84. The Kier molecular flexibility index (Phi) is 5.35. The fourth-order valence-electron chi connectivity index (χ4n) is 2.98. The van der Waals surface area contributed by atoms with Crippen LogP contribution >= 0.6 is 0 Å². The molecule has 0 saturated heterocycles. The Labute approximate surface area is 133 Å². The molecule has 5 nitrogen and oxygen atoms in total. The Bertz CT molecular complexity index is 397. The molecule has 126 valence electrons. The fourth-order valence-corrected chi connectivity index (χ4v) is 2.98. The van der Waals surface area contributed by atoms with E-state index in [-0.39, 0.29) is 5.91 Å². The molecular formula is C17H30N2O3. The number of hydrogen-bond donors (Lipinski definition) is 1. The van der Waals surface area contributed by atoms with Gasteiger partial charge < -0.3 is 15.0 Å². The third-order valence-corrected chi connectivity index (χ3v) is 4.29. The highest BCUT2D eigenvalue weighted by molar-refractivity contribution is 5.76. The van der Waals surface area contributed by atoms with Crippen molar-refractivity contribution in [3.05, 3.63) is 0 Å². The number of rotatable bonds is 7. The molecule has 0 heterocycles. The van der Waals surface area contributed by atoms with Crippen molar-refractivity contribution in [2.45, 2.75) is 70.9 Å². The summed E-state index contributed by atoms with van der Waals surface area (Å²) in [5.41, 5.74) is -0.484. The second-order valence-electron chi connectivity index (χ2n) is 7.70. The van der Waals surface area contributed by atoms with Crippen LogP contribution in [0.15, 0.2) is 0 Å². The van der Waals surface area contributed by atoms with Crippen LogP contribution in [0.1, 0.15) is 59.3 Å². The van der Waals surface area contributed by atoms with Crippen LogP contribution in [0.5, 0.6) is 0 Å². The molecule has 2 rings (SSSR count). The van der Waals surface area contributed by atoms with E-state index in [4.69, 9.17) is 4.74 Å². The Morgan fingerprint density at radius 1 is 1.18 bits per heavy atom. The second-order valence-corrected chi connectivity index (χ2v) is 7.70. The largest absolute Gasteiger partial charge is 0.444 e. The third kappa shape index (κ3) is 5.50. The number of hydrogen-bond acceptors (Lipinski definition) is 3. The van der Waals surface area contributed by atoms with Gasteiger partial charge in [0.1, 0.15) is 5.60 Å². The van der Waals surface area contributed by atoms with E-state index in [1.165, 1.54) is 25.7 Å². The van der Waals surface area contributed by atoms with Gasteiger partial charge in [-0.1, -0.05) is 0 Å². The molecule has 1 N–H and O–H groups in total. The molecule has 5 heteroatoms. The van der Waals surface area contributed by atoms with Crippen LogP contribution < -0.4 is 5.32 Å². The van der Waals surface area contributed by atoms with Crippen LogP contribution in [0.2, 0.25) is 0 Å². The topological polar surface area (TPSA) is 58.6 Å². The lowest BCUT2D eigenvalue weighted by atomic mass is 10.1. The zero-order valence-electron chi connectivity index (χ0n) is 14.4. The van der Waals surface area contributed by atoms with Gasteiger partial charge in [0.05, 0.1) is 0 Å². The predicted molar refractivity (Wildman–Crippen MR) is 85.5 cm³/mol. The van der Waals surface area contributed by atoms with Crippen LogP contribution in [0.3, 0.4) is 0 Å². The van der Waals surface area contributed by atoms with Crippen molar-refractivity contribution in [1.82, 2.24) is 10.2 Å². The van der Waals surface area contributed by atoms with E-state index in [2.05, 4.69) is 5.32 Å². The molecule has 0 aliphatic heterocycles. The lowest BCUT2D eigenvalue weighted by Gasteiger charge is -2.28. The van der Waals surface area contributed by atoms with Gasteiger partial charge in [0.25, 0.3) is 0 Å². The molecule has 2 amide bonds. The quantitative estimate of drug-likeness (QED) is 0.736. The number of carbonyl (C=O) groups excluding carboxylic acids is 2. The third-order valence-electron chi connectivity index (χ3n) is 4.29. The molecule has 2 aliphatic carbocycles. The summed E-state index contributed by atoms with van der Waals surface area (Å²) < 4.78 is 5.16. The molecule has 0 aromatic heterocycles. The van der Waals surface area contributed by atoms with Gasteiger partial charge >= 0.3 is 6.09 Å². The van der Waals surface area contributed by atoms with Crippen molar-refractivity contribution >= 4 is 12.0 Å². The smallest absolute Gasteiger partial charge is 0.407 e. The first-order valence-corrected chi connectivity index (χ1v) is 8.50. The minimum Gasteiger partial charge on any atom is -0.444 e. The molecule has 0 aromatic carbocycles. The maximum Gasteiger partial charge on any atom is 0.407 e. The lowest BCUT2D eigenvalue weighted by molar-refractivity contribution is -0.133. The van der Waals surface area contributed by atoms with Crippen LogP contribution in [0.4, 0.5) is 4.79 Å². The average Bonchev–Trinajstić information content (AvgIpc) is 3.25. The van der Waals surface area contributed by atoms with Gasteiger partial charge in [-0.05, 0) is 64.7 Å². The average molecular weight is 310 g/mol. The molecule has 2 fully saturated rings. The number of carbonyl (C=O) groups is 2. The summed E-state index contributed by atoms with van der Waals surface area (Å²) in [7, 11) is 1.95. The highest BCUT2D eigenvalue weighted by Crippen LogP contribution is 2.46. The first-order chi connectivity index (χ1) is 10.3. The molecular weight excluding hydrogens is 280 g/mol. The number of nitrogens with one attached hydrogen (secondary N) is 1. The standard InChI is InChI=1S/C17H30N2O3/c1-17(2,3)22-16(21)18-11-5-6-14(20)19(4)15(12-7-8-12)13-9-10-13/h12-13,15H,5-11H2,1-4H3,(H,18,21). The molecule has 2 saturated carbocycles. The lowest BCUT2D eigenvalue weighted by Crippen LogP contribution is -2.40. The highest BCUT2D eigenvalue weighted by atomic mass is 16.6. The van der Waals surface area contributed by atoms with Gasteiger partial charge in [-0.15, -0.1) is 0 Å². The van der Waals surface area contributed by atoms with Gasteiger partial charge in [0.2, 0.25) is 5.91 Å². The summed E-state index contributed by atoms with van der Waals surface area (Å²) in [6, 6.07) is 0.464. The molecule has 22 heavy (non-hydrogen) atoms. The zero-order valence-corrected chi connectivity index (χ0v) is 14.4. The Balaban J connectivity index is 1.64. The van der Waals surface area contributed by atoms with E-state index in [0.29, 0.717) is 25.4 Å². The number of amides is 2. The summed E-state index contributed by atoms with van der Waals surface area (Å²) in [6.45, 7) is 5.98. The van der Waals surface area contributed by atoms with E-state index in [1.807, 2.05) is 32.7 Å². The summed E-state index contributed by atoms with van der Waals surface area (Å²) >= 11 is 0. The van der Waals surface area contributed by atoms with Crippen molar-refractivity contribution in [3.63, 3.8) is 0 Å². The summed E-state index contributed by atoms with van der Waals surface area (Å²) in [5, 5.41) is 2.70. The molecule has 0 spiro atoms. The molecule has 0 radical (unpaired) electrons. The van der Waals surface area contributed by atoms with Gasteiger partial charge in [-0.25, -0.2) is 4.79 Å². The zero-order chi connectivity index (χ0) is 16.3. The first kappa shape index (κ1) is 17.1. The normalized spacial score (nSPS) is 18.2. The number of nitrogens with zero attached hydrogens (tertiary/aromatic N) is 1. The minimum atomic E-state index is -0.484. The number of alkyl carbamates (subject to hydrolysis) is 1. The SMILES string of the molecule is CN(C(=O)CCCNC(=O)OC(C)(C)C)C(C1CC1)C1CC1. The maximum atomic E-state index is 12.3. The van der Waals surface area contributed by atoms with Crippen LogP contribution in [-0.4, -0.2) is 42.1 Å². The first-order valence-electron chi connectivity index (χ1n) is 8.50. The van der Waals surface area contributed by atoms with Gasteiger partial charge in [0, 0.05) is 26.1 Å². The van der Waals surface area contributed by atoms with E-state index in [0.717, 1.165) is 11.8 Å². The Hall–Kier alpha value is -1.26. The molecule has 0 unspecified atom stereocenters. The van der Waals surface area contributed by atoms with Gasteiger partial charge in [-0.2, -0.15) is 0 Å². The van der Waals surface area contributed by atoms with E-state index < -0.39 is 11.7 Å². The van der Waals surface area contributed by atoms with Crippen LogP contribution in [0.25, 0.3) is 0 Å². The highest BCUT2D eigenvalue weighted by Gasteiger charge is 2.44. The fraction of sp³-hybridized carbons (Fsp3) is 0.882. The van der Waals surface area contributed by atoms with Crippen LogP contribution in [0, 0.1) is 11.8 Å². The monoisotopic (exact) mass is 310 g/mol. The van der Waals surface area contributed by atoms with Crippen molar-refractivity contribution < 1.29 is 14.3 Å². The molecule has 0 bridgehead atoms. The van der Waals surface area contributed by atoms with E-state index in [1.54, 1.807) is 0 Å². The van der Waals surface area contributed by atoms with Gasteiger partial charge in [-0.3, -0.25) is 4.79 Å². The Morgan fingerprint density at radius 2 is 1.73 bits per heavy atom. The molecule has 0 aromatic rings.